The number of carbonyl (C=O) groups excluding carboxylic acids is 1. The SMILES string of the molecule is C[C@H]1C(=O)/C(=C\O)C[C@@]2(C)c3c(c(Br)nn3-c3ccc(-c4ccccc4)cc3)CC[C@H]12. The van der Waals surface area contributed by atoms with Gasteiger partial charge in [-0.3, -0.25) is 4.79 Å². The first-order chi connectivity index (χ1) is 14.9. The summed E-state index contributed by atoms with van der Waals surface area (Å²) >= 11 is 3.69. The van der Waals surface area contributed by atoms with E-state index in [1.54, 1.807) is 0 Å². The van der Waals surface area contributed by atoms with Crippen LogP contribution in [0.25, 0.3) is 16.8 Å². The van der Waals surface area contributed by atoms with Crippen LogP contribution < -0.4 is 0 Å². The molecular weight excluding hydrogens is 452 g/mol. The van der Waals surface area contributed by atoms with Crippen molar-refractivity contribution in [2.45, 2.75) is 38.5 Å². The zero-order valence-electron chi connectivity index (χ0n) is 17.7. The average Bonchev–Trinajstić information content (AvgIpc) is 3.15. The van der Waals surface area contributed by atoms with Gasteiger partial charge in [-0.15, -0.1) is 0 Å². The van der Waals surface area contributed by atoms with Crippen molar-refractivity contribution < 1.29 is 9.90 Å². The van der Waals surface area contributed by atoms with Crippen LogP contribution >= 0.6 is 15.9 Å². The molecule has 2 aromatic carbocycles. The summed E-state index contributed by atoms with van der Waals surface area (Å²) in [5.74, 6) is 0.181. The van der Waals surface area contributed by atoms with E-state index in [9.17, 15) is 9.90 Å². The van der Waals surface area contributed by atoms with Gasteiger partial charge in [-0.05, 0) is 64.4 Å². The highest BCUT2D eigenvalue weighted by Gasteiger charge is 2.52. The molecule has 1 N–H and O–H groups in total. The molecule has 0 spiro atoms. The van der Waals surface area contributed by atoms with Crippen LogP contribution in [0.2, 0.25) is 0 Å². The highest BCUT2D eigenvalue weighted by molar-refractivity contribution is 9.10. The lowest BCUT2D eigenvalue weighted by molar-refractivity contribution is -0.124. The standard InChI is InChI=1S/C26H25BrN2O2/c1-16-22-13-12-21-24(26(22,2)14-19(15-30)23(16)31)29(28-25(21)27)20-10-8-18(9-11-20)17-6-4-3-5-7-17/h3-11,15-16,22,30H,12-14H2,1-2H3/b19-15-/t16-,22-,26-/m1/s1. The van der Waals surface area contributed by atoms with Crippen molar-refractivity contribution in [3.05, 3.63) is 82.3 Å². The van der Waals surface area contributed by atoms with E-state index in [0.29, 0.717) is 12.0 Å². The lowest BCUT2D eigenvalue weighted by atomic mass is 9.55. The van der Waals surface area contributed by atoms with Crippen LogP contribution in [0.1, 0.15) is 37.9 Å². The summed E-state index contributed by atoms with van der Waals surface area (Å²) in [5, 5.41) is 14.6. The van der Waals surface area contributed by atoms with E-state index in [4.69, 9.17) is 5.10 Å². The van der Waals surface area contributed by atoms with Gasteiger partial charge in [0.15, 0.2) is 5.78 Å². The molecule has 1 fully saturated rings. The van der Waals surface area contributed by atoms with Crippen LogP contribution in [0.5, 0.6) is 0 Å². The first-order valence-electron chi connectivity index (χ1n) is 10.7. The Kier molecular flexibility index (Phi) is 4.89. The van der Waals surface area contributed by atoms with Crippen LogP contribution in [0.4, 0.5) is 0 Å². The lowest BCUT2D eigenvalue weighted by Gasteiger charge is -2.48. The Labute approximate surface area is 190 Å². The van der Waals surface area contributed by atoms with E-state index in [-0.39, 0.29) is 23.0 Å². The largest absolute Gasteiger partial charge is 0.515 e. The summed E-state index contributed by atoms with van der Waals surface area (Å²) < 4.78 is 2.91. The molecular formula is C26H25BrN2O2. The first kappa shape index (κ1) is 20.3. The van der Waals surface area contributed by atoms with Gasteiger partial charge in [0.2, 0.25) is 0 Å². The van der Waals surface area contributed by atoms with E-state index in [1.807, 2.05) is 29.8 Å². The average molecular weight is 477 g/mol. The molecule has 0 unspecified atom stereocenters. The third-order valence-corrected chi connectivity index (χ3v) is 7.90. The number of carbonyl (C=O) groups is 1. The van der Waals surface area contributed by atoms with Crippen molar-refractivity contribution in [3.63, 3.8) is 0 Å². The smallest absolute Gasteiger partial charge is 0.165 e. The van der Waals surface area contributed by atoms with Crippen LogP contribution in [0.15, 0.2) is 71.0 Å². The minimum atomic E-state index is -0.271. The highest BCUT2D eigenvalue weighted by Crippen LogP contribution is 2.53. The molecule has 0 saturated heterocycles. The number of nitrogens with zero attached hydrogens (tertiary/aromatic N) is 2. The molecule has 158 valence electrons. The second kappa shape index (κ2) is 7.49. The van der Waals surface area contributed by atoms with E-state index in [0.717, 1.165) is 40.7 Å². The molecule has 31 heavy (non-hydrogen) atoms. The summed E-state index contributed by atoms with van der Waals surface area (Å²) in [6.45, 7) is 4.23. The first-order valence-corrected chi connectivity index (χ1v) is 11.5. The maximum atomic E-state index is 12.7. The Bertz CT molecular complexity index is 1180. The van der Waals surface area contributed by atoms with E-state index >= 15 is 0 Å². The van der Waals surface area contributed by atoms with Crippen LogP contribution in [-0.4, -0.2) is 20.7 Å². The number of rotatable bonds is 2. The highest BCUT2D eigenvalue weighted by atomic mass is 79.9. The number of ketones is 1. The number of aliphatic hydroxyl groups excluding tert-OH is 1. The molecule has 2 aliphatic rings. The summed E-state index contributed by atoms with van der Waals surface area (Å²) in [7, 11) is 0. The zero-order valence-corrected chi connectivity index (χ0v) is 19.3. The van der Waals surface area contributed by atoms with Gasteiger partial charge in [-0.25, -0.2) is 4.68 Å². The maximum absolute atomic E-state index is 12.7. The Hall–Kier alpha value is -2.66. The number of aliphatic hydroxyl groups is 1. The Morgan fingerprint density at radius 1 is 1.13 bits per heavy atom. The molecule has 4 nitrogen and oxygen atoms in total. The number of allylic oxidation sites excluding steroid dienone is 1. The number of hydrogen-bond acceptors (Lipinski definition) is 3. The Morgan fingerprint density at radius 2 is 1.81 bits per heavy atom. The second-order valence-corrected chi connectivity index (χ2v) is 9.74. The van der Waals surface area contributed by atoms with Crippen molar-refractivity contribution >= 4 is 21.7 Å². The fourth-order valence-corrected chi connectivity index (χ4v) is 6.27. The molecule has 2 aliphatic carbocycles. The number of Topliss-reactive ketones (excluding diaryl/α,β-unsaturated/α-hetero) is 1. The third-order valence-electron chi connectivity index (χ3n) is 7.27. The number of benzene rings is 2. The molecule has 1 heterocycles. The van der Waals surface area contributed by atoms with Crippen LogP contribution in [0, 0.1) is 11.8 Å². The molecule has 3 aromatic rings. The molecule has 1 aromatic heterocycles. The topological polar surface area (TPSA) is 55.1 Å². The third kappa shape index (κ3) is 3.09. The fourth-order valence-electron chi connectivity index (χ4n) is 5.72. The Balaban J connectivity index is 1.62. The summed E-state index contributed by atoms with van der Waals surface area (Å²) in [6.07, 6.45) is 3.39. The number of aromatic nitrogens is 2. The van der Waals surface area contributed by atoms with Gasteiger partial charge in [-0.2, -0.15) is 5.10 Å². The van der Waals surface area contributed by atoms with E-state index in [1.165, 1.54) is 11.1 Å². The van der Waals surface area contributed by atoms with Gasteiger partial charge in [0, 0.05) is 22.5 Å². The molecule has 3 atom stereocenters. The predicted octanol–water partition coefficient (Wildman–Crippen LogP) is 6.17. The van der Waals surface area contributed by atoms with Crippen molar-refractivity contribution in [3.8, 4) is 16.8 Å². The Morgan fingerprint density at radius 3 is 2.48 bits per heavy atom. The van der Waals surface area contributed by atoms with Crippen LogP contribution in [0.3, 0.4) is 0 Å². The summed E-state index contributed by atoms with van der Waals surface area (Å²) in [6, 6.07) is 18.8. The van der Waals surface area contributed by atoms with Crippen molar-refractivity contribution in [1.29, 1.82) is 0 Å². The second-order valence-electron chi connectivity index (χ2n) is 8.99. The van der Waals surface area contributed by atoms with E-state index < -0.39 is 0 Å². The molecule has 0 radical (unpaired) electrons. The lowest BCUT2D eigenvalue weighted by Crippen LogP contribution is -2.48. The number of halogens is 1. The van der Waals surface area contributed by atoms with Crippen molar-refractivity contribution in [1.82, 2.24) is 9.78 Å². The minimum absolute atomic E-state index is 0.0748. The van der Waals surface area contributed by atoms with E-state index in [2.05, 4.69) is 59.3 Å². The minimum Gasteiger partial charge on any atom is -0.515 e. The summed E-state index contributed by atoms with van der Waals surface area (Å²) in [5.41, 5.74) is 5.96. The fraction of sp³-hybridized carbons (Fsp3) is 0.308. The van der Waals surface area contributed by atoms with Crippen LogP contribution in [-0.2, 0) is 16.6 Å². The number of hydrogen-bond donors (Lipinski definition) is 1. The number of fused-ring (bicyclic) bond motifs is 3. The van der Waals surface area contributed by atoms with Gasteiger partial charge in [0.05, 0.1) is 17.6 Å². The molecule has 0 amide bonds. The van der Waals surface area contributed by atoms with Gasteiger partial charge in [0.1, 0.15) is 4.60 Å². The summed E-state index contributed by atoms with van der Waals surface area (Å²) in [4.78, 5) is 12.7. The van der Waals surface area contributed by atoms with Crippen molar-refractivity contribution in [2.24, 2.45) is 11.8 Å². The normalized spacial score (nSPS) is 26.5. The molecule has 0 aliphatic heterocycles. The quantitative estimate of drug-likeness (QED) is 0.355. The molecule has 0 bridgehead atoms. The molecule has 5 rings (SSSR count). The maximum Gasteiger partial charge on any atom is 0.165 e. The van der Waals surface area contributed by atoms with Gasteiger partial charge < -0.3 is 5.11 Å². The van der Waals surface area contributed by atoms with Gasteiger partial charge in [0.25, 0.3) is 0 Å². The van der Waals surface area contributed by atoms with Crippen molar-refractivity contribution in [2.75, 3.05) is 0 Å². The monoisotopic (exact) mass is 476 g/mol. The van der Waals surface area contributed by atoms with Gasteiger partial charge >= 0.3 is 0 Å². The van der Waals surface area contributed by atoms with Gasteiger partial charge in [-0.1, -0.05) is 56.3 Å². The molecule has 1 saturated carbocycles. The molecule has 5 heteroatoms. The zero-order chi connectivity index (χ0) is 21.8. The predicted molar refractivity (Wildman–Crippen MR) is 125 cm³/mol.